The van der Waals surface area contributed by atoms with Crippen LogP contribution in [0.1, 0.15) is 18.4 Å². The molecule has 1 saturated heterocycles. The van der Waals surface area contributed by atoms with Crippen molar-refractivity contribution in [2.75, 3.05) is 13.1 Å². The summed E-state index contributed by atoms with van der Waals surface area (Å²) in [6.07, 6.45) is 4.10. The summed E-state index contributed by atoms with van der Waals surface area (Å²) in [5.74, 6) is 0.941. The van der Waals surface area contributed by atoms with Crippen LogP contribution in [0.15, 0.2) is 28.7 Å². The van der Waals surface area contributed by atoms with Crippen LogP contribution in [-0.2, 0) is 6.42 Å². The summed E-state index contributed by atoms with van der Waals surface area (Å²) < 4.78 is 1.21. The highest BCUT2D eigenvalue weighted by molar-refractivity contribution is 9.10. The van der Waals surface area contributed by atoms with Gasteiger partial charge in [-0.25, -0.2) is 0 Å². The second kappa shape index (κ2) is 3.60. The molecular formula is C13H16BrN. The van der Waals surface area contributed by atoms with E-state index in [1.165, 1.54) is 42.4 Å². The van der Waals surface area contributed by atoms with Crippen molar-refractivity contribution < 1.29 is 0 Å². The zero-order valence-corrected chi connectivity index (χ0v) is 10.4. The van der Waals surface area contributed by atoms with Gasteiger partial charge in [-0.3, -0.25) is 0 Å². The van der Waals surface area contributed by atoms with Crippen LogP contribution in [0.3, 0.4) is 0 Å². The SMILES string of the molecule is Brc1cccc(CC23CCC2CNC3)c1. The number of hydrogen-bond acceptors (Lipinski definition) is 1. The van der Waals surface area contributed by atoms with Gasteiger partial charge in [-0.2, -0.15) is 0 Å². The number of benzene rings is 1. The van der Waals surface area contributed by atoms with Gasteiger partial charge in [-0.05, 0) is 54.8 Å². The second-order valence-corrected chi connectivity index (χ2v) is 5.95. The van der Waals surface area contributed by atoms with Gasteiger partial charge >= 0.3 is 0 Å². The molecule has 3 rings (SSSR count). The molecule has 0 amide bonds. The van der Waals surface area contributed by atoms with Crippen LogP contribution in [0.5, 0.6) is 0 Å². The predicted molar refractivity (Wildman–Crippen MR) is 65.9 cm³/mol. The largest absolute Gasteiger partial charge is 0.316 e. The van der Waals surface area contributed by atoms with Gasteiger partial charge in [0.05, 0.1) is 0 Å². The minimum Gasteiger partial charge on any atom is -0.316 e. The molecule has 0 radical (unpaired) electrons. The lowest BCUT2D eigenvalue weighted by molar-refractivity contribution is 0.0864. The third-order valence-corrected chi connectivity index (χ3v) is 4.66. The minimum absolute atomic E-state index is 0.598. The molecule has 2 heteroatoms. The van der Waals surface area contributed by atoms with Gasteiger partial charge in [-0.1, -0.05) is 28.1 Å². The van der Waals surface area contributed by atoms with Gasteiger partial charge < -0.3 is 5.32 Å². The third kappa shape index (κ3) is 1.64. The lowest BCUT2D eigenvalue weighted by Crippen LogP contribution is -2.41. The number of halogens is 1. The monoisotopic (exact) mass is 265 g/mol. The van der Waals surface area contributed by atoms with Crippen LogP contribution in [0.25, 0.3) is 0 Å². The molecule has 1 nitrogen and oxygen atoms in total. The molecule has 80 valence electrons. The van der Waals surface area contributed by atoms with Crippen LogP contribution in [-0.4, -0.2) is 13.1 Å². The van der Waals surface area contributed by atoms with E-state index < -0.39 is 0 Å². The van der Waals surface area contributed by atoms with Crippen molar-refractivity contribution >= 4 is 15.9 Å². The first-order valence-corrected chi connectivity index (χ1v) is 6.53. The van der Waals surface area contributed by atoms with Crippen LogP contribution < -0.4 is 5.32 Å². The number of hydrogen-bond donors (Lipinski definition) is 1. The smallest absolute Gasteiger partial charge is 0.0177 e. The Morgan fingerprint density at radius 2 is 2.40 bits per heavy atom. The van der Waals surface area contributed by atoms with E-state index in [0.717, 1.165) is 5.92 Å². The van der Waals surface area contributed by atoms with Crippen LogP contribution in [0.4, 0.5) is 0 Å². The highest BCUT2D eigenvalue weighted by atomic mass is 79.9. The van der Waals surface area contributed by atoms with Gasteiger partial charge in [-0.15, -0.1) is 0 Å². The van der Waals surface area contributed by atoms with Crippen molar-refractivity contribution in [3.63, 3.8) is 0 Å². The van der Waals surface area contributed by atoms with Crippen molar-refractivity contribution in [1.29, 1.82) is 0 Å². The Balaban J connectivity index is 1.80. The second-order valence-electron chi connectivity index (χ2n) is 5.04. The van der Waals surface area contributed by atoms with Gasteiger partial charge in [0.1, 0.15) is 0 Å². The van der Waals surface area contributed by atoms with E-state index in [1.54, 1.807) is 0 Å². The fourth-order valence-electron chi connectivity index (χ4n) is 3.15. The molecule has 2 atom stereocenters. The molecule has 1 aliphatic heterocycles. The minimum atomic E-state index is 0.598. The van der Waals surface area contributed by atoms with E-state index in [4.69, 9.17) is 0 Å². The lowest BCUT2D eigenvalue weighted by Gasteiger charge is -2.44. The fourth-order valence-corrected chi connectivity index (χ4v) is 3.60. The summed E-state index contributed by atoms with van der Waals surface area (Å²) in [4.78, 5) is 0. The lowest BCUT2D eigenvalue weighted by atomic mass is 9.59. The van der Waals surface area contributed by atoms with E-state index in [0.29, 0.717) is 5.41 Å². The summed E-state index contributed by atoms with van der Waals surface area (Å²) in [6.45, 7) is 2.47. The first kappa shape index (κ1) is 9.86. The molecule has 0 aromatic heterocycles. The maximum Gasteiger partial charge on any atom is 0.0177 e. The molecule has 2 aliphatic rings. The van der Waals surface area contributed by atoms with E-state index in [1.807, 2.05) is 0 Å². The summed E-state index contributed by atoms with van der Waals surface area (Å²) in [5, 5.41) is 3.55. The molecule has 2 unspecified atom stereocenters. The normalized spacial score (nSPS) is 33.5. The van der Waals surface area contributed by atoms with E-state index in [9.17, 15) is 0 Å². The third-order valence-electron chi connectivity index (χ3n) is 4.17. The van der Waals surface area contributed by atoms with Gasteiger partial charge in [0.25, 0.3) is 0 Å². The molecule has 2 fully saturated rings. The number of nitrogens with one attached hydrogen (secondary N) is 1. The maximum absolute atomic E-state index is 3.55. The molecule has 1 aromatic rings. The first-order valence-electron chi connectivity index (χ1n) is 5.74. The van der Waals surface area contributed by atoms with E-state index in [2.05, 4.69) is 45.5 Å². The molecule has 1 aliphatic carbocycles. The Morgan fingerprint density at radius 3 is 3.07 bits per heavy atom. The Labute approximate surface area is 99.4 Å². The Kier molecular flexibility index (Phi) is 2.37. The molecule has 1 N–H and O–H groups in total. The Bertz CT molecular complexity index is 377. The highest BCUT2D eigenvalue weighted by Gasteiger charge is 2.49. The molecule has 0 spiro atoms. The van der Waals surface area contributed by atoms with Crippen LogP contribution >= 0.6 is 15.9 Å². The van der Waals surface area contributed by atoms with E-state index >= 15 is 0 Å². The first-order chi connectivity index (χ1) is 7.28. The van der Waals surface area contributed by atoms with Crippen molar-refractivity contribution in [1.82, 2.24) is 5.32 Å². The van der Waals surface area contributed by atoms with Gasteiger partial charge in [0.2, 0.25) is 0 Å². The average Bonchev–Trinajstić information content (AvgIpc) is 2.45. The summed E-state index contributed by atoms with van der Waals surface area (Å²) in [5.41, 5.74) is 2.08. The summed E-state index contributed by atoms with van der Waals surface area (Å²) >= 11 is 3.55. The molecular weight excluding hydrogens is 250 g/mol. The fraction of sp³-hybridized carbons (Fsp3) is 0.538. The molecule has 1 saturated carbocycles. The average molecular weight is 266 g/mol. The number of fused-ring (bicyclic) bond motifs is 1. The van der Waals surface area contributed by atoms with Gasteiger partial charge in [0.15, 0.2) is 0 Å². The maximum atomic E-state index is 3.55. The molecule has 1 aromatic carbocycles. The van der Waals surface area contributed by atoms with Crippen LogP contribution in [0.2, 0.25) is 0 Å². The standard InChI is InChI=1S/C13H16BrN/c14-12-3-1-2-10(6-12)7-13-5-4-11(13)8-15-9-13/h1-3,6,11,15H,4-5,7-9H2. The van der Waals surface area contributed by atoms with Gasteiger partial charge in [0, 0.05) is 11.0 Å². The van der Waals surface area contributed by atoms with Crippen LogP contribution in [0, 0.1) is 11.3 Å². The Morgan fingerprint density at radius 1 is 1.47 bits per heavy atom. The Hall–Kier alpha value is -0.340. The summed E-state index contributed by atoms with van der Waals surface area (Å²) in [7, 11) is 0. The topological polar surface area (TPSA) is 12.0 Å². The van der Waals surface area contributed by atoms with E-state index in [-0.39, 0.29) is 0 Å². The van der Waals surface area contributed by atoms with Crippen molar-refractivity contribution in [3.8, 4) is 0 Å². The zero-order chi connectivity index (χ0) is 10.3. The van der Waals surface area contributed by atoms with Crippen molar-refractivity contribution in [3.05, 3.63) is 34.3 Å². The molecule has 0 bridgehead atoms. The van der Waals surface area contributed by atoms with Crippen molar-refractivity contribution in [2.24, 2.45) is 11.3 Å². The highest BCUT2D eigenvalue weighted by Crippen LogP contribution is 2.51. The predicted octanol–water partition coefficient (Wildman–Crippen LogP) is 2.99. The molecule has 1 heterocycles. The summed E-state index contributed by atoms with van der Waals surface area (Å²) in [6, 6.07) is 8.77. The number of rotatable bonds is 2. The quantitative estimate of drug-likeness (QED) is 0.867. The molecule has 15 heavy (non-hydrogen) atoms. The zero-order valence-electron chi connectivity index (χ0n) is 8.80. The van der Waals surface area contributed by atoms with Crippen molar-refractivity contribution in [2.45, 2.75) is 19.3 Å².